The van der Waals surface area contributed by atoms with Crippen LogP contribution in [-0.4, -0.2) is 10.1 Å². The SMILES string of the molecule is OC(Cc1cncc(Br)c1)c1cccc(F)c1F. The first-order valence-electron chi connectivity index (χ1n) is 5.29. The quantitative estimate of drug-likeness (QED) is 0.942. The summed E-state index contributed by atoms with van der Waals surface area (Å²) in [6, 6.07) is 5.53. The number of aliphatic hydroxyl groups is 1. The molecule has 0 bridgehead atoms. The molecular formula is C13H10BrF2NO. The van der Waals surface area contributed by atoms with Crippen LogP contribution in [0.3, 0.4) is 0 Å². The molecule has 1 unspecified atom stereocenters. The van der Waals surface area contributed by atoms with Gasteiger partial charge in [-0.3, -0.25) is 4.98 Å². The van der Waals surface area contributed by atoms with Gasteiger partial charge in [0.25, 0.3) is 0 Å². The second kappa shape index (κ2) is 5.54. The minimum absolute atomic E-state index is 0.0463. The van der Waals surface area contributed by atoms with Crippen LogP contribution in [0.4, 0.5) is 8.78 Å². The van der Waals surface area contributed by atoms with Crippen molar-refractivity contribution in [3.05, 3.63) is 63.9 Å². The number of hydrogen-bond acceptors (Lipinski definition) is 2. The van der Waals surface area contributed by atoms with Crippen molar-refractivity contribution in [2.75, 3.05) is 0 Å². The van der Waals surface area contributed by atoms with Gasteiger partial charge in [0.2, 0.25) is 0 Å². The smallest absolute Gasteiger partial charge is 0.164 e. The van der Waals surface area contributed by atoms with Crippen molar-refractivity contribution in [1.29, 1.82) is 0 Å². The Kier molecular flexibility index (Phi) is 4.04. The molecule has 94 valence electrons. The van der Waals surface area contributed by atoms with Crippen molar-refractivity contribution >= 4 is 15.9 Å². The van der Waals surface area contributed by atoms with Gasteiger partial charge in [-0.05, 0) is 33.6 Å². The van der Waals surface area contributed by atoms with Crippen molar-refractivity contribution in [2.24, 2.45) is 0 Å². The van der Waals surface area contributed by atoms with Crippen LogP contribution in [-0.2, 0) is 6.42 Å². The summed E-state index contributed by atoms with van der Waals surface area (Å²) in [4.78, 5) is 3.95. The monoisotopic (exact) mass is 313 g/mol. The molecule has 1 heterocycles. The van der Waals surface area contributed by atoms with Crippen molar-refractivity contribution in [3.8, 4) is 0 Å². The zero-order chi connectivity index (χ0) is 13.1. The molecule has 1 aromatic carbocycles. The Bertz CT molecular complexity index is 562. The van der Waals surface area contributed by atoms with Gasteiger partial charge in [0.15, 0.2) is 11.6 Å². The van der Waals surface area contributed by atoms with Crippen molar-refractivity contribution < 1.29 is 13.9 Å². The molecule has 18 heavy (non-hydrogen) atoms. The largest absolute Gasteiger partial charge is 0.388 e. The van der Waals surface area contributed by atoms with Gasteiger partial charge >= 0.3 is 0 Å². The van der Waals surface area contributed by atoms with Crippen molar-refractivity contribution in [3.63, 3.8) is 0 Å². The Morgan fingerprint density at radius 3 is 2.78 bits per heavy atom. The van der Waals surface area contributed by atoms with Crippen LogP contribution in [0.15, 0.2) is 41.1 Å². The number of pyridine rings is 1. The average molecular weight is 314 g/mol. The summed E-state index contributed by atoms with van der Waals surface area (Å²) < 4.78 is 27.3. The zero-order valence-electron chi connectivity index (χ0n) is 9.28. The van der Waals surface area contributed by atoms with Crippen LogP contribution < -0.4 is 0 Å². The summed E-state index contributed by atoms with van der Waals surface area (Å²) in [6.07, 6.45) is 2.26. The van der Waals surface area contributed by atoms with Crippen molar-refractivity contribution in [1.82, 2.24) is 4.98 Å². The summed E-state index contributed by atoms with van der Waals surface area (Å²) in [5, 5.41) is 9.92. The van der Waals surface area contributed by atoms with Crippen LogP contribution in [0.5, 0.6) is 0 Å². The molecule has 0 saturated carbocycles. The fourth-order valence-electron chi connectivity index (χ4n) is 1.68. The van der Waals surface area contributed by atoms with E-state index in [2.05, 4.69) is 20.9 Å². The van der Waals surface area contributed by atoms with E-state index in [1.807, 2.05) is 0 Å². The highest BCUT2D eigenvalue weighted by atomic mass is 79.9. The van der Waals surface area contributed by atoms with E-state index in [-0.39, 0.29) is 12.0 Å². The van der Waals surface area contributed by atoms with E-state index < -0.39 is 17.7 Å². The summed E-state index contributed by atoms with van der Waals surface area (Å²) in [5.41, 5.74) is 0.690. The predicted molar refractivity (Wildman–Crippen MR) is 67.0 cm³/mol. The number of rotatable bonds is 3. The van der Waals surface area contributed by atoms with E-state index >= 15 is 0 Å². The number of aromatic nitrogens is 1. The number of hydrogen-bond donors (Lipinski definition) is 1. The minimum Gasteiger partial charge on any atom is -0.388 e. The second-order valence-electron chi connectivity index (χ2n) is 3.87. The lowest BCUT2D eigenvalue weighted by atomic mass is 10.0. The highest BCUT2D eigenvalue weighted by Gasteiger charge is 2.16. The molecule has 0 spiro atoms. The van der Waals surface area contributed by atoms with Gasteiger partial charge < -0.3 is 5.11 Å². The molecule has 1 aromatic heterocycles. The van der Waals surface area contributed by atoms with E-state index in [9.17, 15) is 13.9 Å². The van der Waals surface area contributed by atoms with Crippen LogP contribution in [0, 0.1) is 11.6 Å². The second-order valence-corrected chi connectivity index (χ2v) is 4.79. The molecule has 2 aromatic rings. The molecular weight excluding hydrogens is 304 g/mol. The normalized spacial score (nSPS) is 12.4. The summed E-state index contributed by atoms with van der Waals surface area (Å²) >= 11 is 3.26. The molecule has 1 N–H and O–H groups in total. The summed E-state index contributed by atoms with van der Waals surface area (Å²) in [5.74, 6) is -1.97. The van der Waals surface area contributed by atoms with Crippen LogP contribution in [0.2, 0.25) is 0 Å². The highest BCUT2D eigenvalue weighted by Crippen LogP contribution is 2.23. The molecule has 0 amide bonds. The van der Waals surface area contributed by atoms with Gasteiger partial charge in [0.1, 0.15) is 0 Å². The van der Waals surface area contributed by atoms with Crippen LogP contribution in [0.25, 0.3) is 0 Å². The summed E-state index contributed by atoms with van der Waals surface area (Å²) in [7, 11) is 0. The van der Waals surface area contributed by atoms with Crippen LogP contribution in [0.1, 0.15) is 17.2 Å². The number of benzene rings is 1. The topological polar surface area (TPSA) is 33.1 Å². The predicted octanol–water partition coefficient (Wildman–Crippen LogP) is 3.40. The van der Waals surface area contributed by atoms with Gasteiger partial charge in [-0.1, -0.05) is 12.1 Å². The maximum atomic E-state index is 13.5. The standard InChI is InChI=1S/C13H10BrF2NO/c14-9-4-8(6-17-7-9)5-12(18)10-2-1-3-11(15)13(10)16/h1-4,6-7,12,18H,5H2. The zero-order valence-corrected chi connectivity index (χ0v) is 10.9. The molecule has 0 aliphatic heterocycles. The molecule has 1 atom stereocenters. The molecule has 0 saturated heterocycles. The molecule has 2 rings (SSSR count). The number of aliphatic hydroxyl groups excluding tert-OH is 1. The summed E-state index contributed by atoms with van der Waals surface area (Å²) in [6.45, 7) is 0. The van der Waals surface area contributed by atoms with Gasteiger partial charge in [-0.2, -0.15) is 0 Å². The van der Waals surface area contributed by atoms with E-state index in [0.29, 0.717) is 0 Å². The maximum Gasteiger partial charge on any atom is 0.164 e. The molecule has 0 fully saturated rings. The first-order valence-corrected chi connectivity index (χ1v) is 6.08. The molecule has 0 aliphatic carbocycles. The number of halogens is 3. The lowest BCUT2D eigenvalue weighted by molar-refractivity contribution is 0.172. The van der Waals surface area contributed by atoms with Crippen molar-refractivity contribution in [2.45, 2.75) is 12.5 Å². The average Bonchev–Trinajstić information content (AvgIpc) is 2.32. The van der Waals surface area contributed by atoms with Gasteiger partial charge in [0, 0.05) is 28.9 Å². The first-order chi connectivity index (χ1) is 8.58. The highest BCUT2D eigenvalue weighted by molar-refractivity contribution is 9.10. The van der Waals surface area contributed by atoms with E-state index in [0.717, 1.165) is 16.1 Å². The fraction of sp³-hybridized carbons (Fsp3) is 0.154. The minimum atomic E-state index is -1.10. The van der Waals surface area contributed by atoms with E-state index in [1.165, 1.54) is 12.1 Å². The number of nitrogens with zero attached hydrogens (tertiary/aromatic N) is 1. The van der Waals surface area contributed by atoms with Gasteiger partial charge in [-0.15, -0.1) is 0 Å². The van der Waals surface area contributed by atoms with Gasteiger partial charge in [-0.25, -0.2) is 8.78 Å². The van der Waals surface area contributed by atoms with Gasteiger partial charge in [0.05, 0.1) is 6.10 Å². The Hall–Kier alpha value is -1.33. The third kappa shape index (κ3) is 2.91. The Labute approximate surface area is 111 Å². The lowest BCUT2D eigenvalue weighted by Gasteiger charge is -2.12. The van der Waals surface area contributed by atoms with E-state index in [4.69, 9.17) is 0 Å². The Balaban J connectivity index is 2.22. The molecule has 0 radical (unpaired) electrons. The van der Waals surface area contributed by atoms with E-state index in [1.54, 1.807) is 18.5 Å². The first kappa shape index (κ1) is 13.1. The molecule has 0 aliphatic rings. The Morgan fingerprint density at radius 2 is 2.06 bits per heavy atom. The maximum absolute atomic E-state index is 13.5. The third-order valence-corrected chi connectivity index (χ3v) is 2.96. The van der Waals surface area contributed by atoms with Crippen LogP contribution >= 0.6 is 15.9 Å². The third-order valence-electron chi connectivity index (χ3n) is 2.53. The Morgan fingerprint density at radius 1 is 1.28 bits per heavy atom. The fourth-order valence-corrected chi connectivity index (χ4v) is 2.09. The molecule has 5 heteroatoms. The lowest BCUT2D eigenvalue weighted by Crippen LogP contribution is -2.06. The molecule has 2 nitrogen and oxygen atoms in total.